The van der Waals surface area contributed by atoms with Gasteiger partial charge in [0.1, 0.15) is 5.82 Å². The van der Waals surface area contributed by atoms with Crippen LogP contribution in [0, 0.1) is 0 Å². The van der Waals surface area contributed by atoms with Crippen LogP contribution in [0.15, 0.2) is 65.5 Å². The lowest BCUT2D eigenvalue weighted by molar-refractivity contribution is 0.459. The molecule has 0 atom stereocenters. The van der Waals surface area contributed by atoms with Gasteiger partial charge in [0.15, 0.2) is 11.2 Å². The van der Waals surface area contributed by atoms with Crippen LogP contribution in [0.1, 0.15) is 49.1 Å². The van der Waals surface area contributed by atoms with Crippen molar-refractivity contribution in [2.24, 2.45) is 7.05 Å². The smallest absolute Gasteiger partial charge is 0.280 e. The Morgan fingerprint density at radius 1 is 0.906 bits per heavy atom. The molecule has 0 unspecified atom stereocenters. The van der Waals surface area contributed by atoms with Crippen molar-refractivity contribution in [3.63, 3.8) is 0 Å². The number of nitrogens with one attached hydrogen (secondary N) is 1. The molecule has 0 aliphatic heterocycles. The van der Waals surface area contributed by atoms with Crippen molar-refractivity contribution in [1.82, 2.24) is 19.1 Å². The Morgan fingerprint density at radius 3 is 2.25 bits per heavy atom. The van der Waals surface area contributed by atoms with Crippen molar-refractivity contribution in [3.05, 3.63) is 88.0 Å². The maximum absolute atomic E-state index is 13.5. The van der Waals surface area contributed by atoms with Gasteiger partial charge in [-0.25, -0.2) is 4.98 Å². The second-order valence-corrected chi connectivity index (χ2v) is 8.71. The third-order valence-corrected chi connectivity index (χ3v) is 6.39. The van der Waals surface area contributed by atoms with Crippen LogP contribution in [0.4, 0.5) is 5.95 Å². The zero-order valence-electron chi connectivity index (χ0n) is 18.5. The fourth-order valence-electron chi connectivity index (χ4n) is 4.61. The molecule has 164 valence electrons. The quantitative estimate of drug-likeness (QED) is 0.492. The molecule has 0 saturated heterocycles. The molecule has 1 saturated carbocycles. The van der Waals surface area contributed by atoms with E-state index in [4.69, 9.17) is 9.97 Å². The van der Waals surface area contributed by atoms with Gasteiger partial charge in [-0.3, -0.25) is 9.36 Å². The number of benzene rings is 2. The molecule has 2 aromatic heterocycles. The van der Waals surface area contributed by atoms with E-state index in [1.165, 1.54) is 19.3 Å². The van der Waals surface area contributed by atoms with Gasteiger partial charge in [0.25, 0.3) is 5.56 Å². The molecule has 32 heavy (non-hydrogen) atoms. The molecule has 0 spiro atoms. The molecule has 0 radical (unpaired) electrons. The molecular formula is C26H29N5O. The van der Waals surface area contributed by atoms with Crippen molar-refractivity contribution in [1.29, 1.82) is 0 Å². The minimum atomic E-state index is -0.0592. The Balaban J connectivity index is 1.59. The lowest BCUT2D eigenvalue weighted by Crippen LogP contribution is -2.29. The highest BCUT2D eigenvalue weighted by atomic mass is 16.1. The van der Waals surface area contributed by atoms with E-state index in [1.54, 1.807) is 11.6 Å². The summed E-state index contributed by atoms with van der Waals surface area (Å²) in [6, 6.07) is 20.8. The summed E-state index contributed by atoms with van der Waals surface area (Å²) in [5.74, 6) is 1.47. The maximum Gasteiger partial charge on any atom is 0.280 e. The molecule has 2 heterocycles. The summed E-state index contributed by atoms with van der Waals surface area (Å²) >= 11 is 0. The normalized spacial score (nSPS) is 14.7. The molecule has 2 aromatic carbocycles. The van der Waals surface area contributed by atoms with Gasteiger partial charge < -0.3 is 9.88 Å². The summed E-state index contributed by atoms with van der Waals surface area (Å²) < 4.78 is 3.68. The van der Waals surface area contributed by atoms with Crippen molar-refractivity contribution in [3.8, 4) is 0 Å². The van der Waals surface area contributed by atoms with E-state index in [1.807, 2.05) is 41.0 Å². The molecule has 6 heteroatoms. The molecule has 6 nitrogen and oxygen atoms in total. The van der Waals surface area contributed by atoms with Crippen LogP contribution >= 0.6 is 0 Å². The first-order chi connectivity index (χ1) is 15.7. The summed E-state index contributed by atoms with van der Waals surface area (Å²) in [7, 11) is 1.80. The molecule has 1 N–H and O–H groups in total. The Kier molecular flexibility index (Phi) is 5.75. The molecule has 1 aliphatic rings. The SMILES string of the molecule is Cn1c(NC2CCCCC2)nc2nc(Cc3ccccc3)n(Cc3ccccc3)c2c1=O. The van der Waals surface area contributed by atoms with Gasteiger partial charge in [-0.1, -0.05) is 79.9 Å². The number of aromatic nitrogens is 4. The predicted molar refractivity (Wildman–Crippen MR) is 128 cm³/mol. The standard InChI is InChI=1S/C26H29N5O/c1-30-25(32)23-24(29-26(30)27-21-15-9-4-10-16-21)28-22(17-19-11-5-2-6-12-19)31(23)18-20-13-7-3-8-14-20/h2-3,5-8,11-14,21H,4,9-10,15-18H2,1H3,(H,27,29). The van der Waals surface area contributed by atoms with Crippen molar-refractivity contribution >= 4 is 17.1 Å². The van der Waals surface area contributed by atoms with Crippen LogP contribution < -0.4 is 10.9 Å². The fourth-order valence-corrected chi connectivity index (χ4v) is 4.61. The van der Waals surface area contributed by atoms with Gasteiger partial charge in [-0.2, -0.15) is 4.98 Å². The number of imidazole rings is 1. The largest absolute Gasteiger partial charge is 0.353 e. The first-order valence-electron chi connectivity index (χ1n) is 11.5. The summed E-state index contributed by atoms with van der Waals surface area (Å²) in [6.07, 6.45) is 6.63. The summed E-state index contributed by atoms with van der Waals surface area (Å²) in [5.41, 5.74) is 3.32. The van der Waals surface area contributed by atoms with Gasteiger partial charge in [0, 0.05) is 26.1 Å². The Bertz CT molecular complexity index is 1250. The minimum Gasteiger partial charge on any atom is -0.353 e. The van der Waals surface area contributed by atoms with Gasteiger partial charge in [0.05, 0.1) is 0 Å². The third-order valence-electron chi connectivity index (χ3n) is 6.39. The highest BCUT2D eigenvalue weighted by molar-refractivity contribution is 5.72. The fraction of sp³-hybridized carbons (Fsp3) is 0.346. The van der Waals surface area contributed by atoms with Gasteiger partial charge >= 0.3 is 0 Å². The zero-order chi connectivity index (χ0) is 21.9. The van der Waals surface area contributed by atoms with Crippen molar-refractivity contribution < 1.29 is 0 Å². The van der Waals surface area contributed by atoms with Crippen LogP contribution in [0.2, 0.25) is 0 Å². The van der Waals surface area contributed by atoms with Gasteiger partial charge in [-0.05, 0) is 24.0 Å². The molecule has 1 aliphatic carbocycles. The van der Waals surface area contributed by atoms with Crippen LogP contribution in [0.25, 0.3) is 11.2 Å². The average molecular weight is 428 g/mol. The summed E-state index contributed by atoms with van der Waals surface area (Å²) in [4.78, 5) is 23.2. The van der Waals surface area contributed by atoms with E-state index < -0.39 is 0 Å². The molecule has 0 amide bonds. The molecular weight excluding hydrogens is 398 g/mol. The second kappa shape index (κ2) is 8.99. The second-order valence-electron chi connectivity index (χ2n) is 8.71. The predicted octanol–water partition coefficient (Wildman–Crippen LogP) is 4.51. The van der Waals surface area contributed by atoms with Crippen molar-refractivity contribution in [2.45, 2.75) is 51.1 Å². The summed E-state index contributed by atoms with van der Waals surface area (Å²) in [6.45, 7) is 0.589. The maximum atomic E-state index is 13.5. The Morgan fingerprint density at radius 2 is 1.56 bits per heavy atom. The average Bonchev–Trinajstić information content (AvgIpc) is 3.16. The number of fused-ring (bicyclic) bond motifs is 1. The van der Waals surface area contributed by atoms with E-state index in [9.17, 15) is 4.79 Å². The lowest BCUT2D eigenvalue weighted by Gasteiger charge is -2.24. The molecule has 0 bridgehead atoms. The lowest BCUT2D eigenvalue weighted by atomic mass is 9.96. The number of hydrogen-bond donors (Lipinski definition) is 1. The molecule has 5 rings (SSSR count). The summed E-state index contributed by atoms with van der Waals surface area (Å²) in [5, 5.41) is 3.51. The molecule has 4 aromatic rings. The highest BCUT2D eigenvalue weighted by Crippen LogP contribution is 2.22. The van der Waals surface area contributed by atoms with Crippen molar-refractivity contribution in [2.75, 3.05) is 5.32 Å². The van der Waals surface area contributed by atoms with Gasteiger partial charge in [0.2, 0.25) is 5.95 Å². The van der Waals surface area contributed by atoms with Crippen LogP contribution in [-0.2, 0) is 20.0 Å². The number of hydrogen-bond acceptors (Lipinski definition) is 4. The van der Waals surface area contributed by atoms with Crippen LogP contribution in [0.5, 0.6) is 0 Å². The Labute approximate surface area is 188 Å². The highest BCUT2D eigenvalue weighted by Gasteiger charge is 2.21. The van der Waals surface area contributed by atoms with E-state index >= 15 is 0 Å². The topological polar surface area (TPSA) is 64.7 Å². The van der Waals surface area contributed by atoms with Gasteiger partial charge in [-0.15, -0.1) is 0 Å². The van der Waals surface area contributed by atoms with E-state index in [0.29, 0.717) is 36.1 Å². The number of rotatable bonds is 6. The first-order valence-corrected chi connectivity index (χ1v) is 11.5. The number of nitrogens with zero attached hydrogens (tertiary/aromatic N) is 4. The third kappa shape index (κ3) is 4.17. The first kappa shape index (κ1) is 20.5. The van der Waals surface area contributed by atoms with E-state index in [-0.39, 0.29) is 5.56 Å². The monoisotopic (exact) mass is 427 g/mol. The Hall–Kier alpha value is -3.41. The van der Waals surface area contributed by atoms with E-state index in [0.717, 1.165) is 29.8 Å². The van der Waals surface area contributed by atoms with Crippen LogP contribution in [-0.4, -0.2) is 25.1 Å². The van der Waals surface area contributed by atoms with E-state index in [2.05, 4.69) is 29.6 Å². The number of anilines is 1. The van der Waals surface area contributed by atoms with Crippen LogP contribution in [0.3, 0.4) is 0 Å². The minimum absolute atomic E-state index is 0.0592. The zero-order valence-corrected chi connectivity index (χ0v) is 18.5. The molecule has 1 fully saturated rings.